The van der Waals surface area contributed by atoms with Crippen LogP contribution in [0.2, 0.25) is 5.02 Å². The zero-order valence-corrected chi connectivity index (χ0v) is 12.2. The maximum atomic E-state index is 12.1. The van der Waals surface area contributed by atoms with Crippen LogP contribution in [0.4, 0.5) is 5.69 Å². The van der Waals surface area contributed by atoms with Gasteiger partial charge in [0.2, 0.25) is 5.91 Å². The highest BCUT2D eigenvalue weighted by Gasteiger charge is 2.46. The molecule has 1 saturated heterocycles. The number of hydrogen-bond acceptors (Lipinski definition) is 3. The van der Waals surface area contributed by atoms with E-state index in [0.29, 0.717) is 5.02 Å². The number of carbonyl (C=O) groups excluding carboxylic acids is 1. The quantitative estimate of drug-likeness (QED) is 0.887. The number of nitrogens with zero attached hydrogens (tertiary/aromatic N) is 1. The molecule has 2 N–H and O–H groups in total. The third-order valence-electron chi connectivity index (χ3n) is 3.68. The Labute approximate surface area is 128 Å². The molecule has 1 fully saturated rings. The molecule has 2 aromatic rings. The van der Waals surface area contributed by atoms with Crippen molar-refractivity contribution in [1.82, 2.24) is 0 Å². The lowest BCUT2D eigenvalue weighted by atomic mass is 9.88. The van der Waals surface area contributed by atoms with Crippen LogP contribution in [0, 0.1) is 0 Å². The molecule has 2 aromatic carbocycles. The summed E-state index contributed by atoms with van der Waals surface area (Å²) in [4.78, 5) is 13.8. The van der Waals surface area contributed by atoms with Gasteiger partial charge in [-0.3, -0.25) is 4.79 Å². The molecular weight excluding hydrogens is 288 g/mol. The van der Waals surface area contributed by atoms with E-state index >= 15 is 0 Å². The fourth-order valence-corrected chi connectivity index (χ4v) is 2.79. The molecule has 1 aliphatic rings. The third kappa shape index (κ3) is 2.37. The summed E-state index contributed by atoms with van der Waals surface area (Å²) in [6, 6.07) is 14.0. The molecule has 0 unspecified atom stereocenters. The van der Waals surface area contributed by atoms with Crippen LogP contribution in [0.1, 0.15) is 11.6 Å². The number of amides is 1. The summed E-state index contributed by atoms with van der Waals surface area (Å²) in [7, 11) is 1.61. The lowest BCUT2D eigenvalue weighted by molar-refractivity contribution is -0.126. The average Bonchev–Trinajstić information content (AvgIpc) is 2.51. The topological polar surface area (TPSA) is 55.6 Å². The Hall–Kier alpha value is -2.04. The number of rotatable bonds is 3. The summed E-state index contributed by atoms with van der Waals surface area (Å²) in [5, 5.41) is 0.633. The zero-order valence-electron chi connectivity index (χ0n) is 11.5. The first-order valence-electron chi connectivity index (χ1n) is 6.60. The number of carbonyl (C=O) groups is 1. The van der Waals surface area contributed by atoms with Crippen LogP contribution in [0.25, 0.3) is 0 Å². The van der Waals surface area contributed by atoms with Crippen molar-refractivity contribution < 1.29 is 9.53 Å². The fourth-order valence-electron chi connectivity index (χ4n) is 2.59. The number of halogens is 1. The van der Waals surface area contributed by atoms with Crippen molar-refractivity contribution in [3.8, 4) is 5.75 Å². The fraction of sp³-hybridized carbons (Fsp3) is 0.188. The molecule has 5 heteroatoms. The molecule has 21 heavy (non-hydrogen) atoms. The zero-order chi connectivity index (χ0) is 15.0. The minimum absolute atomic E-state index is 0.0925. The van der Waals surface area contributed by atoms with Gasteiger partial charge in [0, 0.05) is 10.7 Å². The van der Waals surface area contributed by atoms with E-state index in [9.17, 15) is 4.79 Å². The summed E-state index contributed by atoms with van der Waals surface area (Å²) in [5.74, 6) is 0.653. The van der Waals surface area contributed by atoms with E-state index in [4.69, 9.17) is 22.1 Å². The normalized spacial score (nSPS) is 21.1. The average molecular weight is 303 g/mol. The van der Waals surface area contributed by atoms with Crippen LogP contribution < -0.4 is 15.4 Å². The van der Waals surface area contributed by atoms with Crippen molar-refractivity contribution in [2.24, 2.45) is 5.73 Å². The van der Waals surface area contributed by atoms with Gasteiger partial charge < -0.3 is 15.4 Å². The van der Waals surface area contributed by atoms with Crippen molar-refractivity contribution in [3.05, 3.63) is 59.1 Å². The minimum Gasteiger partial charge on any atom is -0.497 e. The van der Waals surface area contributed by atoms with Crippen LogP contribution >= 0.6 is 11.6 Å². The molecule has 1 amide bonds. The Morgan fingerprint density at radius 3 is 2.52 bits per heavy atom. The van der Waals surface area contributed by atoms with Gasteiger partial charge in [-0.2, -0.15) is 0 Å². The van der Waals surface area contributed by atoms with Crippen molar-refractivity contribution >= 4 is 23.2 Å². The van der Waals surface area contributed by atoms with E-state index in [1.54, 1.807) is 18.1 Å². The molecule has 0 aliphatic carbocycles. The van der Waals surface area contributed by atoms with Crippen molar-refractivity contribution in [1.29, 1.82) is 0 Å². The maximum Gasteiger partial charge on any atom is 0.247 e. The van der Waals surface area contributed by atoms with Crippen LogP contribution in [0.5, 0.6) is 5.75 Å². The Morgan fingerprint density at radius 2 is 1.90 bits per heavy atom. The molecule has 108 valence electrons. The van der Waals surface area contributed by atoms with Gasteiger partial charge >= 0.3 is 0 Å². The van der Waals surface area contributed by atoms with Crippen LogP contribution in [0.3, 0.4) is 0 Å². The second-order valence-electron chi connectivity index (χ2n) is 4.93. The van der Waals surface area contributed by atoms with E-state index in [1.165, 1.54) is 0 Å². The van der Waals surface area contributed by atoms with Gasteiger partial charge in [-0.05, 0) is 42.0 Å². The Balaban J connectivity index is 1.94. The van der Waals surface area contributed by atoms with Crippen LogP contribution in [-0.2, 0) is 4.79 Å². The van der Waals surface area contributed by atoms with E-state index in [1.807, 2.05) is 42.5 Å². The number of anilines is 1. The number of nitrogens with two attached hydrogens (primary N) is 1. The molecule has 3 rings (SSSR count). The molecule has 0 saturated carbocycles. The lowest BCUT2D eigenvalue weighted by Crippen LogP contribution is -2.63. The first-order chi connectivity index (χ1) is 10.1. The van der Waals surface area contributed by atoms with E-state index in [2.05, 4.69) is 0 Å². The van der Waals surface area contributed by atoms with Gasteiger partial charge in [0.05, 0.1) is 13.2 Å². The molecule has 1 heterocycles. The van der Waals surface area contributed by atoms with Crippen molar-refractivity contribution in [2.45, 2.75) is 12.1 Å². The second-order valence-corrected chi connectivity index (χ2v) is 5.37. The lowest BCUT2D eigenvalue weighted by Gasteiger charge is -2.45. The van der Waals surface area contributed by atoms with Gasteiger partial charge in [-0.25, -0.2) is 0 Å². The summed E-state index contributed by atoms with van der Waals surface area (Å²) >= 11 is 6.03. The molecule has 0 bridgehead atoms. The first kappa shape index (κ1) is 13.9. The van der Waals surface area contributed by atoms with Crippen LogP contribution in [0.15, 0.2) is 48.5 Å². The molecule has 0 radical (unpaired) electrons. The first-order valence-corrected chi connectivity index (χ1v) is 6.98. The largest absolute Gasteiger partial charge is 0.497 e. The predicted molar refractivity (Wildman–Crippen MR) is 82.6 cm³/mol. The van der Waals surface area contributed by atoms with Gasteiger partial charge in [0.25, 0.3) is 0 Å². The second kappa shape index (κ2) is 5.39. The Morgan fingerprint density at radius 1 is 1.19 bits per heavy atom. The molecule has 0 aromatic heterocycles. The van der Waals surface area contributed by atoms with E-state index in [0.717, 1.165) is 17.0 Å². The number of hydrogen-bond donors (Lipinski definition) is 1. The van der Waals surface area contributed by atoms with E-state index in [-0.39, 0.29) is 11.9 Å². The monoisotopic (exact) mass is 302 g/mol. The van der Waals surface area contributed by atoms with Gasteiger partial charge in [-0.1, -0.05) is 23.7 Å². The van der Waals surface area contributed by atoms with Gasteiger partial charge in [-0.15, -0.1) is 0 Å². The molecule has 4 nitrogen and oxygen atoms in total. The number of methoxy groups -OCH3 is 1. The highest BCUT2D eigenvalue weighted by Crippen LogP contribution is 2.39. The van der Waals surface area contributed by atoms with E-state index < -0.39 is 6.04 Å². The number of benzene rings is 2. The van der Waals surface area contributed by atoms with Crippen molar-refractivity contribution in [2.75, 3.05) is 12.0 Å². The summed E-state index contributed by atoms with van der Waals surface area (Å²) < 4.78 is 5.13. The number of β-lactam (4-membered cyclic amide) rings is 1. The molecule has 0 spiro atoms. The van der Waals surface area contributed by atoms with Gasteiger partial charge in [0.1, 0.15) is 11.8 Å². The minimum atomic E-state index is -0.537. The highest BCUT2D eigenvalue weighted by atomic mass is 35.5. The van der Waals surface area contributed by atoms with Crippen LogP contribution in [-0.4, -0.2) is 19.1 Å². The SMILES string of the molecule is COc1ccc(N2C(=O)[C@H](N)[C@H]2c2cccc(Cl)c2)cc1. The van der Waals surface area contributed by atoms with Crippen molar-refractivity contribution in [3.63, 3.8) is 0 Å². The summed E-state index contributed by atoms with van der Waals surface area (Å²) in [5.41, 5.74) is 7.71. The summed E-state index contributed by atoms with van der Waals surface area (Å²) in [6.45, 7) is 0. The highest BCUT2D eigenvalue weighted by molar-refractivity contribution is 6.30. The molecule has 1 aliphatic heterocycles. The molecule has 2 atom stereocenters. The predicted octanol–water partition coefficient (Wildman–Crippen LogP) is 2.76. The molecular formula is C16H15ClN2O2. The van der Waals surface area contributed by atoms with Gasteiger partial charge in [0.15, 0.2) is 0 Å². The number of ether oxygens (including phenoxy) is 1. The third-order valence-corrected chi connectivity index (χ3v) is 3.92. The maximum absolute atomic E-state index is 12.1. The Kier molecular flexibility index (Phi) is 3.57. The standard InChI is InChI=1S/C16H15ClN2O2/c1-21-13-7-5-12(6-8-13)19-15(14(18)16(19)20)10-3-2-4-11(17)9-10/h2-9,14-15H,18H2,1H3/t14-,15-/m1/s1. The smallest absolute Gasteiger partial charge is 0.247 e. The summed E-state index contributed by atoms with van der Waals surface area (Å²) in [6.07, 6.45) is 0. The Bertz CT molecular complexity index is 672.